The molecular formula is C13H15FN4O3S. The van der Waals surface area contributed by atoms with Crippen LogP contribution in [0.15, 0.2) is 35.5 Å². The number of anilines is 1. The normalized spacial score (nSPS) is 11.2. The van der Waals surface area contributed by atoms with Crippen molar-refractivity contribution in [2.75, 3.05) is 11.8 Å². The molecule has 0 atom stereocenters. The lowest BCUT2D eigenvalue weighted by Crippen LogP contribution is -2.23. The van der Waals surface area contributed by atoms with Gasteiger partial charge in [-0.25, -0.2) is 12.8 Å². The van der Waals surface area contributed by atoms with Crippen molar-refractivity contribution in [3.8, 4) is 0 Å². The molecular weight excluding hydrogens is 311 g/mol. The van der Waals surface area contributed by atoms with Gasteiger partial charge in [-0.3, -0.25) is 14.2 Å². The van der Waals surface area contributed by atoms with Gasteiger partial charge in [0.15, 0.2) is 0 Å². The third kappa shape index (κ3) is 3.61. The van der Waals surface area contributed by atoms with Gasteiger partial charge in [-0.1, -0.05) is 6.07 Å². The van der Waals surface area contributed by atoms with Crippen molar-refractivity contribution >= 4 is 21.6 Å². The van der Waals surface area contributed by atoms with Gasteiger partial charge in [0.2, 0.25) is 5.91 Å². The number of hydrogen-bond acceptors (Lipinski definition) is 4. The molecule has 0 aliphatic carbocycles. The van der Waals surface area contributed by atoms with Crippen LogP contribution in [0.4, 0.5) is 10.1 Å². The number of amides is 1. The van der Waals surface area contributed by atoms with Gasteiger partial charge in [0, 0.05) is 13.2 Å². The molecule has 1 heterocycles. The van der Waals surface area contributed by atoms with Gasteiger partial charge in [-0.15, -0.1) is 0 Å². The fourth-order valence-corrected chi connectivity index (χ4v) is 2.85. The highest BCUT2D eigenvalue weighted by Crippen LogP contribution is 2.19. The fourth-order valence-electron chi connectivity index (χ4n) is 1.76. The number of sulfonamides is 1. The monoisotopic (exact) mass is 326 g/mol. The standard InChI is InChI=1S/C13H15FN4O3S/c1-9-3-4-12(11(14)5-9)22(20,21)17-10-6-16-18(7-10)8-13(19)15-2/h3-7,17H,8H2,1-2H3,(H,15,19). The molecule has 0 unspecified atom stereocenters. The van der Waals surface area contributed by atoms with Crippen molar-refractivity contribution in [2.45, 2.75) is 18.4 Å². The zero-order valence-corrected chi connectivity index (χ0v) is 12.8. The Morgan fingerprint density at radius 1 is 1.41 bits per heavy atom. The lowest BCUT2D eigenvalue weighted by atomic mass is 10.2. The zero-order valence-electron chi connectivity index (χ0n) is 12.0. The predicted molar refractivity (Wildman–Crippen MR) is 78.2 cm³/mol. The van der Waals surface area contributed by atoms with E-state index in [9.17, 15) is 17.6 Å². The number of nitrogens with one attached hydrogen (secondary N) is 2. The molecule has 0 fully saturated rings. The van der Waals surface area contributed by atoms with Gasteiger partial charge in [0.1, 0.15) is 17.3 Å². The molecule has 0 radical (unpaired) electrons. The highest BCUT2D eigenvalue weighted by Gasteiger charge is 2.19. The molecule has 0 spiro atoms. The fraction of sp³-hybridized carbons (Fsp3) is 0.231. The molecule has 22 heavy (non-hydrogen) atoms. The van der Waals surface area contributed by atoms with Crippen molar-refractivity contribution in [2.24, 2.45) is 0 Å². The molecule has 2 aromatic rings. The second kappa shape index (κ2) is 6.14. The smallest absolute Gasteiger partial charge is 0.264 e. The lowest BCUT2D eigenvalue weighted by molar-refractivity contribution is -0.121. The average molecular weight is 326 g/mol. The summed E-state index contributed by atoms with van der Waals surface area (Å²) in [5.74, 6) is -1.10. The van der Waals surface area contributed by atoms with E-state index in [1.54, 1.807) is 6.92 Å². The number of halogens is 1. The van der Waals surface area contributed by atoms with E-state index < -0.39 is 20.7 Å². The van der Waals surface area contributed by atoms with Gasteiger partial charge in [-0.05, 0) is 24.6 Å². The number of hydrogen-bond donors (Lipinski definition) is 2. The van der Waals surface area contributed by atoms with Crippen LogP contribution in [0.2, 0.25) is 0 Å². The number of rotatable bonds is 5. The Balaban J connectivity index is 2.20. The largest absolute Gasteiger partial charge is 0.358 e. The molecule has 118 valence electrons. The Bertz CT molecular complexity index is 801. The second-order valence-electron chi connectivity index (χ2n) is 4.64. The van der Waals surface area contributed by atoms with Crippen LogP contribution >= 0.6 is 0 Å². The van der Waals surface area contributed by atoms with E-state index in [-0.39, 0.29) is 18.1 Å². The Hall–Kier alpha value is -2.42. The van der Waals surface area contributed by atoms with Crippen LogP contribution in [0.5, 0.6) is 0 Å². The van der Waals surface area contributed by atoms with Crippen molar-refractivity contribution in [3.05, 3.63) is 42.0 Å². The van der Waals surface area contributed by atoms with Gasteiger partial charge < -0.3 is 5.32 Å². The van der Waals surface area contributed by atoms with E-state index in [0.717, 1.165) is 6.07 Å². The molecule has 7 nitrogen and oxygen atoms in total. The number of nitrogens with zero attached hydrogens (tertiary/aromatic N) is 2. The lowest BCUT2D eigenvalue weighted by Gasteiger charge is -2.07. The summed E-state index contributed by atoms with van der Waals surface area (Å²) in [4.78, 5) is 10.8. The van der Waals surface area contributed by atoms with Gasteiger partial charge in [-0.2, -0.15) is 5.10 Å². The van der Waals surface area contributed by atoms with Crippen LogP contribution in [0.1, 0.15) is 5.56 Å². The first kappa shape index (κ1) is 16.0. The van der Waals surface area contributed by atoms with Gasteiger partial charge >= 0.3 is 0 Å². The molecule has 0 aliphatic rings. The SMILES string of the molecule is CNC(=O)Cn1cc(NS(=O)(=O)c2ccc(C)cc2F)cn1. The number of aryl methyl sites for hydroxylation is 1. The highest BCUT2D eigenvalue weighted by molar-refractivity contribution is 7.92. The van der Waals surface area contributed by atoms with Crippen LogP contribution < -0.4 is 10.0 Å². The summed E-state index contributed by atoms with van der Waals surface area (Å²) < 4.78 is 41.6. The predicted octanol–water partition coefficient (Wildman–Crippen LogP) is 0.877. The maximum Gasteiger partial charge on any atom is 0.264 e. The Labute approximate surface area is 127 Å². The molecule has 9 heteroatoms. The number of likely N-dealkylation sites (N-methyl/N-ethyl adjacent to an activating group) is 1. The molecule has 1 aromatic heterocycles. The van der Waals surface area contributed by atoms with Gasteiger partial charge in [0.25, 0.3) is 10.0 Å². The van der Waals surface area contributed by atoms with Crippen molar-refractivity contribution in [3.63, 3.8) is 0 Å². The molecule has 0 saturated carbocycles. The second-order valence-corrected chi connectivity index (χ2v) is 6.29. The summed E-state index contributed by atoms with van der Waals surface area (Å²) in [6.45, 7) is 1.62. The maximum atomic E-state index is 13.8. The van der Waals surface area contributed by atoms with E-state index in [0.29, 0.717) is 5.56 Å². The molecule has 0 saturated heterocycles. The summed E-state index contributed by atoms with van der Waals surface area (Å²) in [7, 11) is -2.58. The molecule has 0 bridgehead atoms. The maximum absolute atomic E-state index is 13.8. The van der Waals surface area contributed by atoms with Crippen LogP contribution in [0.25, 0.3) is 0 Å². The summed E-state index contributed by atoms with van der Waals surface area (Å²) in [6.07, 6.45) is 2.59. The quantitative estimate of drug-likeness (QED) is 0.853. The average Bonchev–Trinajstić information content (AvgIpc) is 2.84. The van der Waals surface area contributed by atoms with Crippen LogP contribution in [0.3, 0.4) is 0 Å². The first-order valence-electron chi connectivity index (χ1n) is 6.34. The van der Waals surface area contributed by atoms with Crippen LogP contribution in [-0.4, -0.2) is 31.2 Å². The summed E-state index contributed by atoms with van der Waals surface area (Å²) >= 11 is 0. The van der Waals surface area contributed by atoms with Crippen molar-refractivity contribution < 1.29 is 17.6 Å². The number of carbonyl (C=O) groups excluding carboxylic acids is 1. The number of benzene rings is 1. The summed E-state index contributed by atoms with van der Waals surface area (Å²) in [6, 6.07) is 3.85. The van der Waals surface area contributed by atoms with E-state index in [1.807, 2.05) is 0 Å². The molecule has 0 aliphatic heterocycles. The van der Waals surface area contributed by atoms with E-state index in [2.05, 4.69) is 15.1 Å². The zero-order chi connectivity index (χ0) is 16.3. The first-order chi connectivity index (χ1) is 10.3. The number of carbonyl (C=O) groups is 1. The molecule has 2 rings (SSSR count). The third-order valence-corrected chi connectivity index (χ3v) is 4.26. The molecule has 1 amide bonds. The van der Waals surface area contributed by atoms with Crippen LogP contribution in [0, 0.1) is 12.7 Å². The van der Waals surface area contributed by atoms with Crippen molar-refractivity contribution in [1.29, 1.82) is 0 Å². The summed E-state index contributed by atoms with van der Waals surface area (Å²) in [5.41, 5.74) is 0.763. The van der Waals surface area contributed by atoms with Gasteiger partial charge in [0.05, 0.1) is 11.9 Å². The van der Waals surface area contributed by atoms with E-state index >= 15 is 0 Å². The minimum Gasteiger partial charge on any atom is -0.358 e. The minimum absolute atomic E-state index is 0.0445. The summed E-state index contributed by atoms with van der Waals surface area (Å²) in [5, 5.41) is 6.28. The Morgan fingerprint density at radius 2 is 2.14 bits per heavy atom. The van der Waals surface area contributed by atoms with E-state index in [1.165, 1.54) is 36.3 Å². The molecule has 1 aromatic carbocycles. The van der Waals surface area contributed by atoms with Crippen molar-refractivity contribution in [1.82, 2.24) is 15.1 Å². The Kier molecular flexibility index (Phi) is 4.45. The number of aromatic nitrogens is 2. The minimum atomic E-state index is -4.06. The highest BCUT2D eigenvalue weighted by atomic mass is 32.2. The first-order valence-corrected chi connectivity index (χ1v) is 7.82. The Morgan fingerprint density at radius 3 is 2.77 bits per heavy atom. The molecule has 2 N–H and O–H groups in total. The third-order valence-electron chi connectivity index (χ3n) is 2.85. The van der Waals surface area contributed by atoms with Crippen LogP contribution in [-0.2, 0) is 21.4 Å². The topological polar surface area (TPSA) is 93.1 Å². The van der Waals surface area contributed by atoms with E-state index in [4.69, 9.17) is 0 Å².